The van der Waals surface area contributed by atoms with E-state index in [2.05, 4.69) is 17.3 Å². The lowest BCUT2D eigenvalue weighted by Crippen LogP contribution is -2.28. The summed E-state index contributed by atoms with van der Waals surface area (Å²) < 4.78 is 13.4. The molecule has 1 aliphatic heterocycles. The normalized spacial score (nSPS) is 20.1. The second-order valence-electron chi connectivity index (χ2n) is 4.96. The predicted octanol–water partition coefficient (Wildman–Crippen LogP) is 1.91. The summed E-state index contributed by atoms with van der Waals surface area (Å²) in [6, 6.07) is 7.06. The van der Waals surface area contributed by atoms with Crippen LogP contribution in [0.25, 0.3) is 0 Å². The zero-order valence-corrected chi connectivity index (χ0v) is 10.5. The highest BCUT2D eigenvalue weighted by molar-refractivity contribution is 5.17. The number of rotatable bonds is 5. The van der Waals surface area contributed by atoms with Gasteiger partial charge < -0.3 is 10.2 Å². The van der Waals surface area contributed by atoms with E-state index in [1.807, 2.05) is 12.1 Å². The van der Waals surface area contributed by atoms with Gasteiger partial charge in [0.2, 0.25) is 0 Å². The summed E-state index contributed by atoms with van der Waals surface area (Å²) in [6.45, 7) is 4.31. The smallest absolute Gasteiger partial charge is 0.126 e. The van der Waals surface area contributed by atoms with E-state index < -0.39 is 0 Å². The molecule has 94 valence electrons. The van der Waals surface area contributed by atoms with Gasteiger partial charge in [0.05, 0.1) is 0 Å². The molecule has 1 N–H and O–H groups in total. The van der Waals surface area contributed by atoms with E-state index in [1.165, 1.54) is 12.5 Å². The topological polar surface area (TPSA) is 15.3 Å². The molecule has 0 aromatic heterocycles. The lowest BCUT2D eigenvalue weighted by Gasteiger charge is -2.20. The van der Waals surface area contributed by atoms with Crippen LogP contribution in [0, 0.1) is 11.7 Å². The molecule has 0 amide bonds. The molecule has 0 spiro atoms. The Morgan fingerprint density at radius 2 is 2.24 bits per heavy atom. The van der Waals surface area contributed by atoms with Crippen molar-refractivity contribution in [1.29, 1.82) is 0 Å². The number of nitrogens with zero attached hydrogens (tertiary/aromatic N) is 1. The van der Waals surface area contributed by atoms with Crippen LogP contribution < -0.4 is 5.32 Å². The Morgan fingerprint density at radius 3 is 2.94 bits per heavy atom. The summed E-state index contributed by atoms with van der Waals surface area (Å²) in [5.41, 5.74) is 0.823. The first-order chi connectivity index (χ1) is 8.25. The summed E-state index contributed by atoms with van der Waals surface area (Å²) in [5.74, 6) is 0.684. The second kappa shape index (κ2) is 6.12. The predicted molar refractivity (Wildman–Crippen MR) is 68.6 cm³/mol. The van der Waals surface area contributed by atoms with Crippen molar-refractivity contribution in [1.82, 2.24) is 10.2 Å². The Morgan fingerprint density at radius 1 is 1.41 bits per heavy atom. The molecule has 0 saturated carbocycles. The van der Waals surface area contributed by atoms with Crippen LogP contribution in [0.15, 0.2) is 24.3 Å². The van der Waals surface area contributed by atoms with Crippen LogP contribution in [0.5, 0.6) is 0 Å². The number of benzene rings is 1. The number of nitrogens with one attached hydrogen (secondary N) is 1. The first-order valence-electron chi connectivity index (χ1n) is 6.38. The monoisotopic (exact) mass is 236 g/mol. The van der Waals surface area contributed by atoms with Crippen LogP contribution in [0.2, 0.25) is 0 Å². The molecule has 17 heavy (non-hydrogen) atoms. The molecule has 2 rings (SSSR count). The van der Waals surface area contributed by atoms with Gasteiger partial charge in [-0.3, -0.25) is 0 Å². The zero-order chi connectivity index (χ0) is 12.1. The highest BCUT2D eigenvalue weighted by Crippen LogP contribution is 2.11. The second-order valence-corrected chi connectivity index (χ2v) is 4.96. The number of likely N-dealkylation sites (N-methyl/N-ethyl adjacent to an activating group) is 1. The first-order valence-corrected chi connectivity index (χ1v) is 6.38. The first kappa shape index (κ1) is 12.5. The van der Waals surface area contributed by atoms with Crippen LogP contribution in [0.1, 0.15) is 12.0 Å². The van der Waals surface area contributed by atoms with Crippen molar-refractivity contribution in [2.75, 3.05) is 33.2 Å². The Kier molecular flexibility index (Phi) is 4.51. The third-order valence-electron chi connectivity index (χ3n) is 3.45. The Bertz CT molecular complexity index is 348. The van der Waals surface area contributed by atoms with Gasteiger partial charge in [-0.15, -0.1) is 0 Å². The molecule has 1 aliphatic rings. The standard InChI is InChI=1S/C14H21FN2/c1-17(11-12-6-8-16-10-12)9-7-13-4-2-3-5-14(13)15/h2-5,12,16H,6-11H2,1H3. The van der Waals surface area contributed by atoms with Gasteiger partial charge in [0.1, 0.15) is 5.82 Å². The van der Waals surface area contributed by atoms with E-state index in [-0.39, 0.29) is 5.82 Å². The minimum Gasteiger partial charge on any atom is -0.316 e. The minimum absolute atomic E-state index is 0.0802. The summed E-state index contributed by atoms with van der Waals surface area (Å²) >= 11 is 0. The van der Waals surface area contributed by atoms with E-state index in [4.69, 9.17) is 0 Å². The maximum absolute atomic E-state index is 13.4. The van der Waals surface area contributed by atoms with Crippen LogP contribution in [0.4, 0.5) is 4.39 Å². The van der Waals surface area contributed by atoms with Gasteiger partial charge in [-0.2, -0.15) is 0 Å². The van der Waals surface area contributed by atoms with Crippen molar-refractivity contribution in [2.24, 2.45) is 5.92 Å². The van der Waals surface area contributed by atoms with E-state index >= 15 is 0 Å². The van der Waals surface area contributed by atoms with Crippen LogP contribution >= 0.6 is 0 Å². The SMILES string of the molecule is CN(CCc1ccccc1F)CC1CCNC1. The van der Waals surface area contributed by atoms with Gasteiger partial charge in [-0.1, -0.05) is 18.2 Å². The number of halogens is 1. The molecule has 1 atom stereocenters. The fourth-order valence-electron chi connectivity index (χ4n) is 2.41. The summed E-state index contributed by atoms with van der Waals surface area (Å²) in [5, 5.41) is 3.37. The van der Waals surface area contributed by atoms with E-state index in [0.717, 1.165) is 44.1 Å². The third-order valence-corrected chi connectivity index (χ3v) is 3.45. The highest BCUT2D eigenvalue weighted by atomic mass is 19.1. The highest BCUT2D eigenvalue weighted by Gasteiger charge is 2.16. The Hall–Kier alpha value is -0.930. The maximum Gasteiger partial charge on any atom is 0.126 e. The molecule has 1 aromatic rings. The van der Waals surface area contributed by atoms with E-state index in [1.54, 1.807) is 6.07 Å². The van der Waals surface area contributed by atoms with Crippen molar-refractivity contribution in [2.45, 2.75) is 12.8 Å². The molecule has 1 heterocycles. The molecule has 1 aromatic carbocycles. The Balaban J connectivity index is 1.75. The molecule has 0 radical (unpaired) electrons. The van der Waals surface area contributed by atoms with Crippen LogP contribution in [-0.4, -0.2) is 38.1 Å². The zero-order valence-electron chi connectivity index (χ0n) is 10.5. The Labute approximate surface area is 103 Å². The molecule has 0 bridgehead atoms. The molecule has 1 saturated heterocycles. The molecule has 0 aliphatic carbocycles. The van der Waals surface area contributed by atoms with Crippen molar-refractivity contribution in [3.8, 4) is 0 Å². The number of hydrogen-bond donors (Lipinski definition) is 1. The molecule has 1 unspecified atom stereocenters. The van der Waals surface area contributed by atoms with E-state index in [0.29, 0.717) is 0 Å². The molecule has 1 fully saturated rings. The summed E-state index contributed by atoms with van der Waals surface area (Å²) in [7, 11) is 2.12. The molecule has 2 nitrogen and oxygen atoms in total. The molecular formula is C14H21FN2. The summed E-state index contributed by atoms with van der Waals surface area (Å²) in [6.07, 6.45) is 2.06. The lowest BCUT2D eigenvalue weighted by atomic mass is 10.1. The largest absolute Gasteiger partial charge is 0.316 e. The van der Waals surface area contributed by atoms with Crippen LogP contribution in [0.3, 0.4) is 0 Å². The van der Waals surface area contributed by atoms with Gasteiger partial charge in [0, 0.05) is 13.1 Å². The quantitative estimate of drug-likeness (QED) is 0.840. The van der Waals surface area contributed by atoms with Crippen molar-refractivity contribution in [3.05, 3.63) is 35.6 Å². The van der Waals surface area contributed by atoms with Gasteiger partial charge in [0.25, 0.3) is 0 Å². The van der Waals surface area contributed by atoms with Gasteiger partial charge in [0.15, 0.2) is 0 Å². The molecule has 3 heteroatoms. The average molecular weight is 236 g/mol. The average Bonchev–Trinajstić information content (AvgIpc) is 2.81. The van der Waals surface area contributed by atoms with Crippen molar-refractivity contribution < 1.29 is 4.39 Å². The molecular weight excluding hydrogens is 215 g/mol. The summed E-state index contributed by atoms with van der Waals surface area (Å²) in [4.78, 5) is 2.31. The third kappa shape index (κ3) is 3.79. The van der Waals surface area contributed by atoms with Gasteiger partial charge in [-0.25, -0.2) is 4.39 Å². The van der Waals surface area contributed by atoms with E-state index in [9.17, 15) is 4.39 Å². The number of hydrogen-bond acceptors (Lipinski definition) is 2. The lowest BCUT2D eigenvalue weighted by molar-refractivity contribution is 0.287. The fraction of sp³-hybridized carbons (Fsp3) is 0.571. The van der Waals surface area contributed by atoms with Crippen molar-refractivity contribution in [3.63, 3.8) is 0 Å². The minimum atomic E-state index is -0.0802. The fourth-order valence-corrected chi connectivity index (χ4v) is 2.41. The van der Waals surface area contributed by atoms with Gasteiger partial charge in [-0.05, 0) is 50.5 Å². The van der Waals surface area contributed by atoms with Gasteiger partial charge >= 0.3 is 0 Å². The van der Waals surface area contributed by atoms with Crippen molar-refractivity contribution >= 4 is 0 Å². The maximum atomic E-state index is 13.4. The van der Waals surface area contributed by atoms with Crippen LogP contribution in [-0.2, 0) is 6.42 Å².